The molecule has 1 heterocycles. The molecule has 0 radical (unpaired) electrons. The predicted octanol–water partition coefficient (Wildman–Crippen LogP) is 2.11. The molecule has 0 aliphatic rings. The minimum Gasteiger partial charge on any atom is -0.497 e. The van der Waals surface area contributed by atoms with E-state index in [9.17, 15) is 9.59 Å². The molecule has 1 aromatic carbocycles. The van der Waals surface area contributed by atoms with Gasteiger partial charge in [-0.15, -0.1) is 0 Å². The van der Waals surface area contributed by atoms with Gasteiger partial charge in [-0.25, -0.2) is 0 Å². The zero-order valence-corrected chi connectivity index (χ0v) is 14.9. The lowest BCUT2D eigenvalue weighted by Crippen LogP contribution is -2.46. The van der Waals surface area contributed by atoms with Crippen LogP contribution in [-0.2, 0) is 4.79 Å². The van der Waals surface area contributed by atoms with Crippen molar-refractivity contribution in [2.24, 2.45) is 11.1 Å². The van der Waals surface area contributed by atoms with Crippen LogP contribution in [-0.4, -0.2) is 35.2 Å². The van der Waals surface area contributed by atoms with Gasteiger partial charge in [-0.05, 0) is 42.2 Å². The average molecular weight is 344 g/mol. The van der Waals surface area contributed by atoms with Gasteiger partial charge < -0.3 is 15.8 Å². The molecule has 0 saturated heterocycles. The van der Waals surface area contributed by atoms with Gasteiger partial charge in [0.15, 0.2) is 0 Å². The van der Waals surface area contributed by atoms with Crippen molar-refractivity contribution in [2.45, 2.75) is 33.2 Å². The molecule has 4 N–H and O–H groups in total. The lowest BCUT2D eigenvalue weighted by molar-refractivity contribution is -0.120. The molecule has 7 nitrogen and oxygen atoms in total. The fourth-order valence-corrected chi connectivity index (χ4v) is 2.42. The summed E-state index contributed by atoms with van der Waals surface area (Å²) in [5.41, 5.74) is 7.00. The molecule has 0 saturated carbocycles. The second-order valence-electron chi connectivity index (χ2n) is 7.09. The third-order valence-corrected chi connectivity index (χ3v) is 3.67. The molecule has 0 aliphatic carbocycles. The number of nitrogens with zero attached hydrogens (tertiary/aromatic N) is 1. The first kappa shape index (κ1) is 18.5. The minimum atomic E-state index is -0.736. The number of hydrogen-bond donors (Lipinski definition) is 3. The number of aromatic nitrogens is 2. The van der Waals surface area contributed by atoms with Crippen LogP contribution in [0.5, 0.6) is 5.75 Å². The normalized spacial score (nSPS) is 12.5. The Balaban J connectivity index is 2.12. The molecule has 0 spiro atoms. The number of hydrogen-bond acceptors (Lipinski definition) is 4. The van der Waals surface area contributed by atoms with Crippen molar-refractivity contribution in [3.05, 3.63) is 36.0 Å². The van der Waals surface area contributed by atoms with Gasteiger partial charge in [-0.2, -0.15) is 5.10 Å². The van der Waals surface area contributed by atoms with E-state index >= 15 is 0 Å². The van der Waals surface area contributed by atoms with Crippen LogP contribution < -0.4 is 15.8 Å². The lowest BCUT2D eigenvalue weighted by Gasteiger charge is -2.24. The maximum Gasteiger partial charge on any atom is 0.269 e. The molecule has 2 rings (SSSR count). The van der Waals surface area contributed by atoms with Crippen molar-refractivity contribution < 1.29 is 14.3 Å². The van der Waals surface area contributed by atoms with Gasteiger partial charge in [0, 0.05) is 5.56 Å². The number of carbonyl (C=O) groups excluding carboxylic acids is 2. The standard InChI is InChI=1S/C18H24N4O3/c1-18(2,3)10-15(16(19)23)20-17(24)14-9-13(21-22-14)11-5-7-12(25-4)8-6-11/h5-9,15H,10H2,1-4H3,(H2,19,23)(H,20,24)(H,21,22)/t15-/m0/s1. The minimum absolute atomic E-state index is 0.144. The maximum atomic E-state index is 12.4. The Morgan fingerprint density at radius 2 is 1.92 bits per heavy atom. The van der Waals surface area contributed by atoms with Crippen LogP contribution >= 0.6 is 0 Å². The van der Waals surface area contributed by atoms with E-state index in [-0.39, 0.29) is 11.1 Å². The first-order chi connectivity index (χ1) is 11.7. The third kappa shape index (κ3) is 5.07. The van der Waals surface area contributed by atoms with Crippen LogP contribution in [0.1, 0.15) is 37.7 Å². The maximum absolute atomic E-state index is 12.4. The number of nitrogens with two attached hydrogens (primary N) is 1. The average Bonchev–Trinajstić information content (AvgIpc) is 3.03. The van der Waals surface area contributed by atoms with Gasteiger partial charge in [-0.1, -0.05) is 20.8 Å². The van der Waals surface area contributed by atoms with E-state index in [1.54, 1.807) is 13.2 Å². The van der Waals surface area contributed by atoms with Crippen LogP contribution in [0.15, 0.2) is 30.3 Å². The summed E-state index contributed by atoms with van der Waals surface area (Å²) in [6, 6.07) is 8.23. The Morgan fingerprint density at radius 1 is 1.28 bits per heavy atom. The van der Waals surface area contributed by atoms with Gasteiger partial charge in [0.25, 0.3) is 5.91 Å². The Hall–Kier alpha value is -2.83. The van der Waals surface area contributed by atoms with Gasteiger partial charge in [0.1, 0.15) is 17.5 Å². The summed E-state index contributed by atoms with van der Waals surface area (Å²) in [6.45, 7) is 5.94. The van der Waals surface area contributed by atoms with Crippen molar-refractivity contribution in [1.82, 2.24) is 15.5 Å². The molecule has 0 fully saturated rings. The molecule has 0 unspecified atom stereocenters. The lowest BCUT2D eigenvalue weighted by atomic mass is 9.88. The molecular weight excluding hydrogens is 320 g/mol. The Bertz CT molecular complexity index is 744. The largest absolute Gasteiger partial charge is 0.497 e. The van der Waals surface area contributed by atoms with Crippen molar-refractivity contribution in [1.29, 1.82) is 0 Å². The second-order valence-corrected chi connectivity index (χ2v) is 7.09. The second kappa shape index (κ2) is 7.38. The predicted molar refractivity (Wildman–Crippen MR) is 95.1 cm³/mol. The summed E-state index contributed by atoms with van der Waals surface area (Å²) in [4.78, 5) is 24.0. The van der Waals surface area contributed by atoms with Crippen molar-refractivity contribution in [3.8, 4) is 17.0 Å². The quantitative estimate of drug-likeness (QED) is 0.745. The molecule has 0 bridgehead atoms. The highest BCUT2D eigenvalue weighted by molar-refractivity contribution is 5.96. The highest BCUT2D eigenvalue weighted by atomic mass is 16.5. The first-order valence-electron chi connectivity index (χ1n) is 7.99. The number of ether oxygens (including phenoxy) is 1. The van der Waals surface area contributed by atoms with Crippen LogP contribution in [0.25, 0.3) is 11.3 Å². The number of carbonyl (C=O) groups is 2. The Labute approximate surface area is 146 Å². The van der Waals surface area contributed by atoms with Crippen molar-refractivity contribution >= 4 is 11.8 Å². The van der Waals surface area contributed by atoms with Crippen molar-refractivity contribution in [3.63, 3.8) is 0 Å². The van der Waals surface area contributed by atoms with E-state index in [0.29, 0.717) is 12.1 Å². The summed E-state index contributed by atoms with van der Waals surface area (Å²) >= 11 is 0. The van der Waals surface area contributed by atoms with E-state index in [1.807, 2.05) is 45.0 Å². The van der Waals surface area contributed by atoms with Gasteiger partial charge >= 0.3 is 0 Å². The summed E-state index contributed by atoms with van der Waals surface area (Å²) in [7, 11) is 1.60. The van der Waals surface area contributed by atoms with Crippen LogP contribution in [0.2, 0.25) is 0 Å². The number of amides is 2. The number of methoxy groups -OCH3 is 1. The summed E-state index contributed by atoms with van der Waals surface area (Å²) in [6.07, 6.45) is 0.452. The number of benzene rings is 1. The highest BCUT2D eigenvalue weighted by Gasteiger charge is 2.25. The van der Waals surface area contributed by atoms with Gasteiger partial charge in [-0.3, -0.25) is 14.7 Å². The first-order valence-corrected chi connectivity index (χ1v) is 7.99. The molecule has 134 valence electrons. The van der Waals surface area contributed by atoms with E-state index < -0.39 is 17.9 Å². The van der Waals surface area contributed by atoms with E-state index in [2.05, 4.69) is 15.5 Å². The van der Waals surface area contributed by atoms with Gasteiger partial charge in [0.2, 0.25) is 5.91 Å². The van der Waals surface area contributed by atoms with Gasteiger partial charge in [0.05, 0.1) is 12.8 Å². The SMILES string of the molecule is COc1ccc(-c2cc(C(=O)N[C@@H](CC(C)(C)C)C(N)=O)[nH]n2)cc1. The molecule has 1 aromatic heterocycles. The molecule has 25 heavy (non-hydrogen) atoms. The number of nitrogens with one attached hydrogen (secondary N) is 2. The number of rotatable bonds is 6. The van der Waals surface area contributed by atoms with Crippen LogP contribution in [0.3, 0.4) is 0 Å². The van der Waals surface area contributed by atoms with Crippen molar-refractivity contribution in [2.75, 3.05) is 7.11 Å². The molecule has 7 heteroatoms. The monoisotopic (exact) mass is 344 g/mol. The number of aromatic amines is 1. The summed E-state index contributed by atoms with van der Waals surface area (Å²) in [5.74, 6) is -0.234. The molecular formula is C18H24N4O3. The third-order valence-electron chi connectivity index (χ3n) is 3.67. The Kier molecular flexibility index (Phi) is 5.46. The van der Waals surface area contributed by atoms with E-state index in [4.69, 9.17) is 10.5 Å². The summed E-state index contributed by atoms with van der Waals surface area (Å²) < 4.78 is 5.12. The molecule has 1 atom stereocenters. The zero-order chi connectivity index (χ0) is 18.6. The fraction of sp³-hybridized carbons (Fsp3) is 0.389. The molecule has 0 aliphatic heterocycles. The molecule has 2 amide bonds. The van der Waals surface area contributed by atoms with Crippen LogP contribution in [0, 0.1) is 5.41 Å². The zero-order valence-electron chi connectivity index (χ0n) is 14.9. The van der Waals surface area contributed by atoms with E-state index in [0.717, 1.165) is 11.3 Å². The Morgan fingerprint density at radius 3 is 2.44 bits per heavy atom. The topological polar surface area (TPSA) is 110 Å². The number of primary amides is 1. The smallest absolute Gasteiger partial charge is 0.269 e. The highest BCUT2D eigenvalue weighted by Crippen LogP contribution is 2.22. The van der Waals surface area contributed by atoms with Crippen LogP contribution in [0.4, 0.5) is 0 Å². The number of H-pyrrole nitrogens is 1. The summed E-state index contributed by atoms with van der Waals surface area (Å²) in [5, 5.41) is 9.51. The fourth-order valence-electron chi connectivity index (χ4n) is 2.42. The van der Waals surface area contributed by atoms with E-state index in [1.165, 1.54) is 0 Å². The molecule has 2 aromatic rings.